The van der Waals surface area contributed by atoms with Gasteiger partial charge in [0.1, 0.15) is 16.5 Å². The minimum absolute atomic E-state index is 0.254. The molecule has 140 valence electrons. The molecule has 0 saturated heterocycles. The van der Waals surface area contributed by atoms with E-state index in [1.165, 1.54) is 18.2 Å². The van der Waals surface area contributed by atoms with Gasteiger partial charge in [0.25, 0.3) is 0 Å². The third-order valence-corrected chi connectivity index (χ3v) is 3.64. The van der Waals surface area contributed by atoms with Crippen LogP contribution in [0.5, 0.6) is 11.5 Å². The van der Waals surface area contributed by atoms with Crippen molar-refractivity contribution in [1.82, 2.24) is 4.98 Å². The molecule has 0 aliphatic rings. The van der Waals surface area contributed by atoms with Crippen LogP contribution in [0.2, 0.25) is 5.15 Å². The SMILES string of the molecule is COc1ccc(CN(C(=O)OC(C)(C)C)c2cc(Cl)ncc2OC)cc1. The van der Waals surface area contributed by atoms with Gasteiger partial charge < -0.3 is 14.2 Å². The number of methoxy groups -OCH3 is 2. The van der Waals surface area contributed by atoms with Gasteiger partial charge in [-0.25, -0.2) is 9.78 Å². The largest absolute Gasteiger partial charge is 0.497 e. The van der Waals surface area contributed by atoms with E-state index in [4.69, 9.17) is 25.8 Å². The Morgan fingerprint density at radius 1 is 1.15 bits per heavy atom. The number of carbonyl (C=O) groups excluding carboxylic acids is 1. The van der Waals surface area contributed by atoms with Crippen LogP contribution in [0.3, 0.4) is 0 Å². The number of carbonyl (C=O) groups is 1. The van der Waals surface area contributed by atoms with Gasteiger partial charge in [0.2, 0.25) is 0 Å². The molecule has 0 saturated carbocycles. The molecule has 2 rings (SSSR count). The average Bonchev–Trinajstić information content (AvgIpc) is 2.58. The first-order valence-electron chi connectivity index (χ1n) is 8.06. The third kappa shape index (κ3) is 5.26. The first-order valence-corrected chi connectivity index (χ1v) is 8.44. The summed E-state index contributed by atoms with van der Waals surface area (Å²) in [5, 5.41) is 0.254. The highest BCUT2D eigenvalue weighted by molar-refractivity contribution is 6.29. The van der Waals surface area contributed by atoms with Crippen molar-refractivity contribution in [2.75, 3.05) is 19.1 Å². The molecule has 0 fully saturated rings. The van der Waals surface area contributed by atoms with Crippen LogP contribution in [-0.4, -0.2) is 30.9 Å². The third-order valence-electron chi connectivity index (χ3n) is 3.44. The summed E-state index contributed by atoms with van der Waals surface area (Å²) in [5.41, 5.74) is 0.739. The van der Waals surface area contributed by atoms with E-state index in [-0.39, 0.29) is 11.7 Å². The number of ether oxygens (including phenoxy) is 3. The fraction of sp³-hybridized carbons (Fsp3) is 0.368. The van der Waals surface area contributed by atoms with Crippen LogP contribution in [-0.2, 0) is 11.3 Å². The number of rotatable bonds is 5. The highest BCUT2D eigenvalue weighted by Crippen LogP contribution is 2.32. The fourth-order valence-corrected chi connectivity index (χ4v) is 2.41. The Morgan fingerprint density at radius 2 is 1.81 bits per heavy atom. The lowest BCUT2D eigenvalue weighted by Crippen LogP contribution is -2.36. The maximum Gasteiger partial charge on any atom is 0.415 e. The zero-order valence-corrected chi connectivity index (χ0v) is 16.3. The normalized spacial score (nSPS) is 11.0. The highest BCUT2D eigenvalue weighted by atomic mass is 35.5. The molecule has 0 radical (unpaired) electrons. The van der Waals surface area contributed by atoms with Crippen molar-refractivity contribution >= 4 is 23.4 Å². The van der Waals surface area contributed by atoms with Gasteiger partial charge in [-0.15, -0.1) is 0 Å². The molecule has 1 heterocycles. The number of pyridine rings is 1. The lowest BCUT2D eigenvalue weighted by atomic mass is 10.2. The number of amides is 1. The van der Waals surface area contributed by atoms with Crippen molar-refractivity contribution < 1.29 is 19.0 Å². The molecule has 0 N–H and O–H groups in total. The van der Waals surface area contributed by atoms with E-state index in [1.54, 1.807) is 13.2 Å². The van der Waals surface area contributed by atoms with E-state index in [1.807, 2.05) is 45.0 Å². The molecule has 0 unspecified atom stereocenters. The molecule has 1 amide bonds. The Balaban J connectivity index is 2.41. The minimum atomic E-state index is -0.640. The maximum atomic E-state index is 12.8. The van der Waals surface area contributed by atoms with Gasteiger partial charge in [-0.05, 0) is 38.5 Å². The van der Waals surface area contributed by atoms with E-state index in [2.05, 4.69) is 4.98 Å². The summed E-state index contributed by atoms with van der Waals surface area (Å²) in [5.74, 6) is 1.16. The van der Waals surface area contributed by atoms with E-state index in [0.717, 1.165) is 11.3 Å². The zero-order chi connectivity index (χ0) is 19.3. The quantitative estimate of drug-likeness (QED) is 0.706. The van der Waals surface area contributed by atoms with Gasteiger partial charge in [0, 0.05) is 6.07 Å². The van der Waals surface area contributed by atoms with Crippen molar-refractivity contribution in [2.24, 2.45) is 0 Å². The highest BCUT2D eigenvalue weighted by Gasteiger charge is 2.26. The van der Waals surface area contributed by atoms with Crippen molar-refractivity contribution in [3.8, 4) is 11.5 Å². The van der Waals surface area contributed by atoms with E-state index < -0.39 is 11.7 Å². The molecule has 0 aliphatic heterocycles. The molecular formula is C19H23ClN2O4. The summed E-state index contributed by atoms with van der Waals surface area (Å²) in [6, 6.07) is 9.00. The van der Waals surface area contributed by atoms with Gasteiger partial charge in [-0.2, -0.15) is 0 Å². The van der Waals surface area contributed by atoms with E-state index in [0.29, 0.717) is 11.4 Å². The van der Waals surface area contributed by atoms with Crippen molar-refractivity contribution in [2.45, 2.75) is 32.9 Å². The van der Waals surface area contributed by atoms with E-state index >= 15 is 0 Å². The van der Waals surface area contributed by atoms with Crippen molar-refractivity contribution in [1.29, 1.82) is 0 Å². The molecule has 1 aromatic heterocycles. The average molecular weight is 379 g/mol. The number of benzene rings is 1. The number of hydrogen-bond donors (Lipinski definition) is 0. The first-order chi connectivity index (χ1) is 12.2. The van der Waals surface area contributed by atoms with Gasteiger partial charge >= 0.3 is 6.09 Å². The second kappa shape index (κ2) is 8.27. The van der Waals surface area contributed by atoms with Crippen LogP contribution in [0.4, 0.5) is 10.5 Å². The number of hydrogen-bond acceptors (Lipinski definition) is 5. The minimum Gasteiger partial charge on any atom is -0.497 e. The molecule has 26 heavy (non-hydrogen) atoms. The molecule has 6 nitrogen and oxygen atoms in total. The number of anilines is 1. The number of nitrogens with zero attached hydrogens (tertiary/aromatic N) is 2. The molecule has 0 aliphatic carbocycles. The summed E-state index contributed by atoms with van der Waals surface area (Å²) in [6.45, 7) is 5.71. The Bertz CT molecular complexity index is 757. The van der Waals surface area contributed by atoms with Crippen LogP contribution in [0.25, 0.3) is 0 Å². The number of halogens is 1. The summed E-state index contributed by atoms with van der Waals surface area (Å²) >= 11 is 6.04. The maximum absolute atomic E-state index is 12.8. The molecule has 2 aromatic rings. The second-order valence-electron chi connectivity index (χ2n) is 6.59. The van der Waals surface area contributed by atoms with E-state index in [9.17, 15) is 4.79 Å². The summed E-state index contributed by atoms with van der Waals surface area (Å²) < 4.78 is 16.1. The van der Waals surface area contributed by atoms with Crippen LogP contribution >= 0.6 is 11.6 Å². The molecular weight excluding hydrogens is 356 g/mol. The van der Waals surface area contributed by atoms with Gasteiger partial charge in [-0.1, -0.05) is 23.7 Å². The lowest BCUT2D eigenvalue weighted by molar-refractivity contribution is 0.0576. The molecule has 7 heteroatoms. The summed E-state index contributed by atoms with van der Waals surface area (Å²) in [4.78, 5) is 18.3. The topological polar surface area (TPSA) is 60.9 Å². The molecule has 1 aromatic carbocycles. The standard InChI is InChI=1S/C19H23ClN2O4/c1-19(2,3)26-18(23)22(12-13-6-8-14(24-4)9-7-13)15-10-17(20)21-11-16(15)25-5/h6-11H,12H2,1-5H3. The summed E-state index contributed by atoms with van der Waals surface area (Å²) in [6.07, 6.45) is 0.970. The van der Waals surface area contributed by atoms with Crippen LogP contribution < -0.4 is 14.4 Å². The Hall–Kier alpha value is -2.47. The lowest BCUT2D eigenvalue weighted by Gasteiger charge is -2.28. The molecule has 0 bridgehead atoms. The molecule has 0 atom stereocenters. The van der Waals surface area contributed by atoms with Crippen molar-refractivity contribution in [3.63, 3.8) is 0 Å². The Morgan fingerprint density at radius 3 is 2.35 bits per heavy atom. The number of aromatic nitrogens is 1. The van der Waals surface area contributed by atoms with Gasteiger partial charge in [0.05, 0.1) is 32.6 Å². The predicted octanol–water partition coefficient (Wildman–Crippen LogP) is 4.69. The van der Waals surface area contributed by atoms with Crippen molar-refractivity contribution in [3.05, 3.63) is 47.2 Å². The first kappa shape index (κ1) is 19.8. The second-order valence-corrected chi connectivity index (χ2v) is 6.98. The summed E-state index contributed by atoms with van der Waals surface area (Å²) in [7, 11) is 3.11. The fourth-order valence-electron chi connectivity index (χ4n) is 2.25. The smallest absolute Gasteiger partial charge is 0.415 e. The van der Waals surface area contributed by atoms with Crippen LogP contribution in [0.1, 0.15) is 26.3 Å². The Labute approximate surface area is 158 Å². The Kier molecular flexibility index (Phi) is 6.32. The zero-order valence-electron chi connectivity index (χ0n) is 15.6. The molecule has 0 spiro atoms. The monoisotopic (exact) mass is 378 g/mol. The van der Waals surface area contributed by atoms with Crippen LogP contribution in [0.15, 0.2) is 36.5 Å². The van der Waals surface area contributed by atoms with Gasteiger partial charge in [-0.3, -0.25) is 4.90 Å². The predicted molar refractivity (Wildman–Crippen MR) is 101 cm³/mol. The van der Waals surface area contributed by atoms with Crippen LogP contribution in [0, 0.1) is 0 Å². The van der Waals surface area contributed by atoms with Gasteiger partial charge in [0.15, 0.2) is 5.75 Å².